The van der Waals surface area contributed by atoms with Crippen molar-refractivity contribution in [3.63, 3.8) is 0 Å². The molecule has 1 unspecified atom stereocenters. The van der Waals surface area contributed by atoms with Crippen molar-refractivity contribution in [1.29, 1.82) is 0 Å². The fourth-order valence-electron chi connectivity index (χ4n) is 2.91. The molecule has 1 atom stereocenters. The zero-order valence-electron chi connectivity index (χ0n) is 14.1. The largest absolute Gasteiger partial charge is 0.496 e. The molecule has 1 aliphatic heterocycles. The minimum atomic E-state index is -0.466. The molecule has 2 N–H and O–H groups in total. The molecule has 1 fully saturated rings. The lowest BCUT2D eigenvalue weighted by molar-refractivity contribution is -0.124. The highest BCUT2D eigenvalue weighted by Gasteiger charge is 2.24. The number of nitrogens with zero attached hydrogens (tertiary/aromatic N) is 1. The van der Waals surface area contributed by atoms with Crippen LogP contribution in [-0.4, -0.2) is 36.5 Å². The molecule has 1 saturated heterocycles. The van der Waals surface area contributed by atoms with E-state index in [9.17, 15) is 9.59 Å². The number of para-hydroxylation sites is 1. The number of methoxy groups -OCH3 is 1. The zero-order chi connectivity index (χ0) is 17.6. The predicted molar refractivity (Wildman–Crippen MR) is 93.5 cm³/mol. The maximum atomic E-state index is 12.4. The third-order valence-corrected chi connectivity index (χ3v) is 4.23. The van der Waals surface area contributed by atoms with Crippen LogP contribution in [0.25, 0.3) is 0 Å². The van der Waals surface area contributed by atoms with Gasteiger partial charge in [0, 0.05) is 36.0 Å². The summed E-state index contributed by atoms with van der Waals surface area (Å²) in [6.45, 7) is 0.670. The number of piperidine rings is 1. The summed E-state index contributed by atoms with van der Waals surface area (Å²) in [7, 11) is 1.63. The highest BCUT2D eigenvalue weighted by Crippen LogP contribution is 2.20. The number of hydrogen-bond acceptors (Lipinski definition) is 4. The van der Waals surface area contributed by atoms with E-state index >= 15 is 0 Å². The number of benzene rings is 1. The van der Waals surface area contributed by atoms with Gasteiger partial charge in [-0.3, -0.25) is 14.6 Å². The summed E-state index contributed by atoms with van der Waals surface area (Å²) in [6, 6.07) is 10.7. The average molecular weight is 339 g/mol. The molecule has 0 saturated carbocycles. The van der Waals surface area contributed by atoms with Crippen LogP contribution in [0.1, 0.15) is 34.5 Å². The number of amides is 2. The highest BCUT2D eigenvalue weighted by molar-refractivity contribution is 5.97. The Morgan fingerprint density at radius 1 is 1.36 bits per heavy atom. The molecule has 2 heterocycles. The van der Waals surface area contributed by atoms with Crippen molar-refractivity contribution in [3.05, 3.63) is 59.4 Å². The van der Waals surface area contributed by atoms with Crippen molar-refractivity contribution in [2.75, 3.05) is 13.7 Å². The molecule has 0 spiro atoms. The second kappa shape index (κ2) is 7.79. The first-order valence-electron chi connectivity index (χ1n) is 8.33. The number of ether oxygens (including phenoxy) is 1. The minimum Gasteiger partial charge on any atom is -0.496 e. The van der Waals surface area contributed by atoms with Gasteiger partial charge in [0.05, 0.1) is 7.11 Å². The maximum Gasteiger partial charge on any atom is 0.252 e. The molecular weight excluding hydrogens is 318 g/mol. The van der Waals surface area contributed by atoms with E-state index in [1.54, 1.807) is 25.4 Å². The molecule has 3 rings (SSSR count). The Morgan fingerprint density at radius 3 is 3.00 bits per heavy atom. The van der Waals surface area contributed by atoms with Crippen molar-refractivity contribution in [3.8, 4) is 5.75 Å². The van der Waals surface area contributed by atoms with Gasteiger partial charge in [-0.05, 0) is 31.0 Å². The lowest BCUT2D eigenvalue weighted by Crippen LogP contribution is -2.50. The zero-order valence-corrected chi connectivity index (χ0v) is 14.1. The molecule has 1 aromatic carbocycles. The summed E-state index contributed by atoms with van der Waals surface area (Å²) < 4.78 is 5.36. The van der Waals surface area contributed by atoms with Gasteiger partial charge in [0.25, 0.3) is 5.91 Å². The first-order chi connectivity index (χ1) is 12.2. The maximum absolute atomic E-state index is 12.4. The highest BCUT2D eigenvalue weighted by atomic mass is 16.5. The molecule has 0 aliphatic carbocycles. The molecule has 1 aliphatic rings. The van der Waals surface area contributed by atoms with E-state index in [-0.39, 0.29) is 11.8 Å². The average Bonchev–Trinajstić information content (AvgIpc) is 2.64. The Morgan fingerprint density at radius 2 is 2.20 bits per heavy atom. The first kappa shape index (κ1) is 17.0. The van der Waals surface area contributed by atoms with Crippen molar-refractivity contribution in [2.45, 2.75) is 25.3 Å². The van der Waals surface area contributed by atoms with Gasteiger partial charge in [0.1, 0.15) is 11.8 Å². The van der Waals surface area contributed by atoms with Crippen molar-refractivity contribution >= 4 is 11.8 Å². The number of aromatic nitrogens is 1. The van der Waals surface area contributed by atoms with Gasteiger partial charge in [-0.1, -0.05) is 18.2 Å². The Hall–Kier alpha value is -2.89. The summed E-state index contributed by atoms with van der Waals surface area (Å²) in [5, 5.41) is 5.56. The Labute approximate surface area is 146 Å². The standard InChI is InChI=1S/C19H21N3O3/c1-25-17-7-3-2-5-13(17)11-15-12-14(8-10-20-15)18(23)22-16-6-4-9-21-19(16)24/h2-3,5,7-8,10,12,16H,4,6,9,11H2,1H3,(H,21,24)(H,22,23). The minimum absolute atomic E-state index is 0.122. The van der Waals surface area contributed by atoms with Gasteiger partial charge >= 0.3 is 0 Å². The third-order valence-electron chi connectivity index (χ3n) is 4.23. The summed E-state index contributed by atoms with van der Waals surface area (Å²) >= 11 is 0. The van der Waals surface area contributed by atoms with Crippen LogP contribution in [0, 0.1) is 0 Å². The van der Waals surface area contributed by atoms with Crippen molar-refractivity contribution < 1.29 is 14.3 Å². The van der Waals surface area contributed by atoms with Gasteiger partial charge in [0.2, 0.25) is 5.91 Å². The number of pyridine rings is 1. The molecule has 1 aromatic heterocycles. The second-order valence-electron chi connectivity index (χ2n) is 5.98. The lowest BCUT2D eigenvalue weighted by atomic mass is 10.0. The van der Waals surface area contributed by atoms with Crippen LogP contribution >= 0.6 is 0 Å². The molecule has 6 nitrogen and oxygen atoms in total. The third kappa shape index (κ3) is 4.15. The van der Waals surface area contributed by atoms with Crippen LogP contribution in [0.2, 0.25) is 0 Å². The monoisotopic (exact) mass is 339 g/mol. The van der Waals surface area contributed by atoms with E-state index < -0.39 is 6.04 Å². The normalized spacial score (nSPS) is 16.8. The molecule has 2 amide bonds. The number of nitrogens with one attached hydrogen (secondary N) is 2. The van der Waals surface area contributed by atoms with E-state index in [4.69, 9.17) is 4.74 Å². The van der Waals surface area contributed by atoms with Crippen molar-refractivity contribution in [1.82, 2.24) is 15.6 Å². The molecule has 0 bridgehead atoms. The molecule has 25 heavy (non-hydrogen) atoms. The van der Waals surface area contributed by atoms with Gasteiger partial charge in [-0.2, -0.15) is 0 Å². The van der Waals surface area contributed by atoms with E-state index in [0.717, 1.165) is 23.4 Å². The van der Waals surface area contributed by atoms with Crippen LogP contribution in [0.4, 0.5) is 0 Å². The SMILES string of the molecule is COc1ccccc1Cc1cc(C(=O)NC2CCCNC2=O)ccn1. The van der Waals surface area contributed by atoms with Crippen LogP contribution in [0.3, 0.4) is 0 Å². The first-order valence-corrected chi connectivity index (χ1v) is 8.33. The number of carbonyl (C=O) groups excluding carboxylic acids is 2. The van der Waals surface area contributed by atoms with Crippen LogP contribution in [0.5, 0.6) is 5.75 Å². The fraction of sp³-hybridized carbons (Fsp3) is 0.316. The summed E-state index contributed by atoms with van der Waals surface area (Å²) in [5.74, 6) is 0.409. The van der Waals surface area contributed by atoms with Gasteiger partial charge in [0.15, 0.2) is 0 Å². The molecule has 130 valence electrons. The quantitative estimate of drug-likeness (QED) is 0.869. The Balaban J connectivity index is 1.72. The van der Waals surface area contributed by atoms with Crippen molar-refractivity contribution in [2.24, 2.45) is 0 Å². The van der Waals surface area contributed by atoms with Crippen LogP contribution in [0.15, 0.2) is 42.6 Å². The topological polar surface area (TPSA) is 80.3 Å². The van der Waals surface area contributed by atoms with E-state index in [2.05, 4.69) is 15.6 Å². The molecular formula is C19H21N3O3. The molecule has 6 heteroatoms. The van der Waals surface area contributed by atoms with E-state index in [1.165, 1.54) is 0 Å². The summed E-state index contributed by atoms with van der Waals surface area (Å²) in [5.41, 5.74) is 2.27. The molecule has 0 radical (unpaired) electrons. The number of rotatable bonds is 5. The summed E-state index contributed by atoms with van der Waals surface area (Å²) in [6.07, 6.45) is 3.71. The smallest absolute Gasteiger partial charge is 0.252 e. The Kier molecular flexibility index (Phi) is 5.28. The fourth-order valence-corrected chi connectivity index (χ4v) is 2.91. The molecule has 2 aromatic rings. The van der Waals surface area contributed by atoms with Gasteiger partial charge < -0.3 is 15.4 Å². The van der Waals surface area contributed by atoms with E-state index in [1.807, 2.05) is 24.3 Å². The lowest BCUT2D eigenvalue weighted by Gasteiger charge is -2.22. The summed E-state index contributed by atoms with van der Waals surface area (Å²) in [4.78, 5) is 28.6. The van der Waals surface area contributed by atoms with E-state index in [0.29, 0.717) is 24.9 Å². The van der Waals surface area contributed by atoms with Crippen LogP contribution in [-0.2, 0) is 11.2 Å². The number of carbonyl (C=O) groups is 2. The second-order valence-corrected chi connectivity index (χ2v) is 5.98. The van der Waals surface area contributed by atoms with Gasteiger partial charge in [-0.25, -0.2) is 0 Å². The predicted octanol–water partition coefficient (Wildman–Crippen LogP) is 1.69. The Bertz CT molecular complexity index is 776. The van der Waals surface area contributed by atoms with Gasteiger partial charge in [-0.15, -0.1) is 0 Å². The number of hydrogen-bond donors (Lipinski definition) is 2. The van der Waals surface area contributed by atoms with Crippen LogP contribution < -0.4 is 15.4 Å².